The average Bonchev–Trinajstić information content (AvgIpc) is 1.83. The van der Waals surface area contributed by atoms with Crippen molar-refractivity contribution in [1.82, 2.24) is 4.90 Å². The Kier molecular flexibility index (Phi) is 4.86. The van der Waals surface area contributed by atoms with E-state index in [1.807, 2.05) is 13.8 Å². The molecule has 0 radical (unpaired) electrons. The van der Waals surface area contributed by atoms with Gasteiger partial charge in [-0.3, -0.25) is 0 Å². The topological polar surface area (TPSA) is 20.3 Å². The van der Waals surface area contributed by atoms with Crippen LogP contribution in [-0.4, -0.2) is 31.6 Å². The summed E-state index contributed by atoms with van der Waals surface area (Å²) in [5.41, 5.74) is 0. The van der Waals surface area contributed by atoms with Crippen molar-refractivity contribution in [2.75, 3.05) is 19.5 Å². The molecule has 0 unspecified atom stereocenters. The van der Waals surface area contributed by atoms with E-state index in [0.29, 0.717) is 6.44 Å². The predicted molar refractivity (Wildman–Crippen MR) is 34.2 cm³/mol. The Labute approximate surface area is 51.1 Å². The molecule has 0 aromatic rings. The summed E-state index contributed by atoms with van der Waals surface area (Å²) >= 11 is 0. The van der Waals surface area contributed by atoms with Crippen LogP contribution >= 0.6 is 0 Å². The van der Waals surface area contributed by atoms with Crippen LogP contribution in [0.15, 0.2) is 0 Å². The van der Waals surface area contributed by atoms with Crippen LogP contribution in [0.5, 0.6) is 0 Å². The van der Waals surface area contributed by atoms with Crippen LogP contribution in [0.4, 0.5) is 0 Å². The van der Waals surface area contributed by atoms with Crippen LogP contribution < -0.4 is 0 Å². The summed E-state index contributed by atoms with van der Waals surface area (Å²) < 4.78 is 9.89. The van der Waals surface area contributed by atoms with E-state index < -0.39 is 0 Å². The number of rotatable bonds is 4. The van der Waals surface area contributed by atoms with Crippen LogP contribution in [-0.2, 0) is 4.70 Å². The van der Waals surface area contributed by atoms with Crippen LogP contribution in [0.25, 0.3) is 0 Å². The van der Waals surface area contributed by atoms with Crippen LogP contribution in [0.1, 0.15) is 13.8 Å². The Balaban J connectivity index is 3.20. The standard InChI is InChI=1S/C5H12BNO/c1-3-7(4-2)5-6-8/h3-5H2,1-2H3. The van der Waals surface area contributed by atoms with Gasteiger partial charge in [0.25, 0.3) is 0 Å². The molecule has 0 saturated carbocycles. The van der Waals surface area contributed by atoms with E-state index in [0.717, 1.165) is 20.2 Å². The molecule has 0 aliphatic heterocycles. The Morgan fingerprint density at radius 1 is 1.38 bits per heavy atom. The molecule has 0 heterocycles. The molecule has 2 nitrogen and oxygen atoms in total. The second kappa shape index (κ2) is 4.97. The molecule has 0 amide bonds. The Morgan fingerprint density at radius 2 is 1.88 bits per heavy atom. The average molecular weight is 113 g/mol. The molecule has 0 aliphatic rings. The van der Waals surface area contributed by atoms with E-state index in [4.69, 9.17) is 0 Å². The molecule has 0 atom stereocenters. The molecular formula is C5H12BNO. The van der Waals surface area contributed by atoms with Crippen LogP contribution in [0.3, 0.4) is 0 Å². The molecule has 0 aromatic carbocycles. The predicted octanol–water partition coefficient (Wildman–Crippen LogP) is 0.335. The molecule has 0 spiro atoms. The van der Waals surface area contributed by atoms with Gasteiger partial charge in [0.1, 0.15) is 0 Å². The zero-order chi connectivity index (χ0) is 6.41. The summed E-state index contributed by atoms with van der Waals surface area (Å²) in [5.74, 6) is 0. The third-order valence-electron chi connectivity index (χ3n) is 1.23. The van der Waals surface area contributed by atoms with Crippen molar-refractivity contribution >= 4 is 7.15 Å². The SMILES string of the molecule is CCN(CC)CB=O. The summed E-state index contributed by atoms with van der Waals surface area (Å²) in [7, 11) is 0.938. The third-order valence-corrected chi connectivity index (χ3v) is 1.23. The summed E-state index contributed by atoms with van der Waals surface area (Å²) in [6.07, 6.45) is 0.576. The zero-order valence-corrected chi connectivity index (χ0v) is 5.55. The monoisotopic (exact) mass is 113 g/mol. The van der Waals surface area contributed by atoms with Gasteiger partial charge in [-0.2, -0.15) is 0 Å². The Morgan fingerprint density at radius 3 is 2.00 bits per heavy atom. The van der Waals surface area contributed by atoms with Gasteiger partial charge in [0, 0.05) is 0 Å². The van der Waals surface area contributed by atoms with Crippen LogP contribution in [0, 0.1) is 0 Å². The zero-order valence-electron chi connectivity index (χ0n) is 5.55. The van der Waals surface area contributed by atoms with Gasteiger partial charge in [-0.25, -0.2) is 0 Å². The van der Waals surface area contributed by atoms with Gasteiger partial charge in [-0.05, 0) is 0 Å². The quantitative estimate of drug-likeness (QED) is 0.490. The first kappa shape index (κ1) is 7.82. The second-order valence-corrected chi connectivity index (χ2v) is 1.65. The van der Waals surface area contributed by atoms with E-state index in [1.54, 1.807) is 0 Å². The molecule has 0 bridgehead atoms. The molecule has 0 rings (SSSR count). The Hall–Kier alpha value is -0.175. The first-order valence-corrected chi connectivity index (χ1v) is 3.01. The van der Waals surface area contributed by atoms with Crippen molar-refractivity contribution in [3.8, 4) is 0 Å². The minimum atomic E-state index is 0.576. The second-order valence-electron chi connectivity index (χ2n) is 1.65. The fourth-order valence-corrected chi connectivity index (χ4v) is 0.587. The van der Waals surface area contributed by atoms with Gasteiger partial charge < -0.3 is 0 Å². The molecule has 0 saturated heterocycles. The van der Waals surface area contributed by atoms with Gasteiger partial charge in [0.05, 0.1) is 0 Å². The first-order chi connectivity index (χ1) is 3.85. The van der Waals surface area contributed by atoms with Gasteiger partial charge in [0.2, 0.25) is 0 Å². The normalized spacial score (nSPS) is 9.38. The van der Waals surface area contributed by atoms with Crippen molar-refractivity contribution < 1.29 is 4.70 Å². The van der Waals surface area contributed by atoms with Gasteiger partial charge in [0.15, 0.2) is 0 Å². The first-order valence-electron chi connectivity index (χ1n) is 3.01. The molecule has 8 heavy (non-hydrogen) atoms. The molecular weight excluding hydrogens is 101 g/mol. The fourth-order valence-electron chi connectivity index (χ4n) is 0.587. The van der Waals surface area contributed by atoms with Crippen molar-refractivity contribution in [3.05, 3.63) is 0 Å². The van der Waals surface area contributed by atoms with E-state index >= 15 is 0 Å². The fraction of sp³-hybridized carbons (Fsp3) is 1.00. The molecule has 0 aliphatic carbocycles. The summed E-state index contributed by atoms with van der Waals surface area (Å²) in [5, 5.41) is 0. The maximum absolute atomic E-state index is 9.89. The van der Waals surface area contributed by atoms with Gasteiger partial charge in [-0.15, -0.1) is 0 Å². The summed E-state index contributed by atoms with van der Waals surface area (Å²) in [4.78, 5) is 2.06. The summed E-state index contributed by atoms with van der Waals surface area (Å²) in [6, 6.07) is 0. The van der Waals surface area contributed by atoms with Crippen molar-refractivity contribution in [3.63, 3.8) is 0 Å². The summed E-state index contributed by atoms with van der Waals surface area (Å²) in [6.45, 7) is 6.03. The number of nitrogens with zero attached hydrogens (tertiary/aromatic N) is 1. The van der Waals surface area contributed by atoms with Gasteiger partial charge in [-0.1, -0.05) is 0 Å². The van der Waals surface area contributed by atoms with E-state index in [9.17, 15) is 4.70 Å². The van der Waals surface area contributed by atoms with E-state index in [2.05, 4.69) is 4.90 Å². The molecule has 46 valence electrons. The number of hydrogen-bond acceptors (Lipinski definition) is 2. The molecule has 0 aromatic heterocycles. The van der Waals surface area contributed by atoms with Crippen molar-refractivity contribution in [1.29, 1.82) is 0 Å². The van der Waals surface area contributed by atoms with E-state index in [-0.39, 0.29) is 0 Å². The molecule has 3 heteroatoms. The molecule has 0 fully saturated rings. The van der Waals surface area contributed by atoms with Crippen LogP contribution in [0.2, 0.25) is 0 Å². The molecule has 0 N–H and O–H groups in total. The third kappa shape index (κ3) is 2.91. The van der Waals surface area contributed by atoms with Gasteiger partial charge >= 0.3 is 50.1 Å². The van der Waals surface area contributed by atoms with Crippen molar-refractivity contribution in [2.45, 2.75) is 13.8 Å². The number of hydrogen-bond donors (Lipinski definition) is 0. The van der Waals surface area contributed by atoms with E-state index in [1.165, 1.54) is 0 Å². The minimum absolute atomic E-state index is 0.576. The Bertz CT molecular complexity index is 63.4. The van der Waals surface area contributed by atoms with Crippen molar-refractivity contribution in [2.24, 2.45) is 0 Å². The maximum atomic E-state index is 9.89.